The van der Waals surface area contributed by atoms with Crippen LogP contribution >= 0.6 is 85.2 Å². The van der Waals surface area contributed by atoms with Gasteiger partial charge in [0.2, 0.25) is 0 Å². The summed E-state index contributed by atoms with van der Waals surface area (Å²) < 4.78 is 14.0. The predicted molar refractivity (Wildman–Crippen MR) is 237 cm³/mol. The summed E-state index contributed by atoms with van der Waals surface area (Å²) in [5.74, 6) is 2.19. The van der Waals surface area contributed by atoms with Crippen LogP contribution in [0.1, 0.15) is 0 Å². The molecule has 0 bridgehead atoms. The van der Waals surface area contributed by atoms with E-state index in [1.807, 2.05) is 69.3 Å². The molecule has 0 unspecified atom stereocenters. The van der Waals surface area contributed by atoms with Crippen molar-refractivity contribution in [2.75, 3.05) is 29.2 Å². The van der Waals surface area contributed by atoms with E-state index < -0.39 is 0 Å². The van der Waals surface area contributed by atoms with E-state index in [4.69, 9.17) is 4.74 Å². The van der Waals surface area contributed by atoms with Crippen molar-refractivity contribution in [3.05, 3.63) is 127 Å². The number of carbonyl (C=O) groups excluding carboxylic acids is 1. The molecule has 0 aliphatic heterocycles. The summed E-state index contributed by atoms with van der Waals surface area (Å²) >= 11 is 14.7. The zero-order valence-electron chi connectivity index (χ0n) is 27.8. The molecule has 0 saturated carbocycles. The molecule has 9 rings (SSSR count). The van der Waals surface area contributed by atoms with Crippen LogP contribution in [0.25, 0.3) is 60.5 Å². The third kappa shape index (κ3) is 6.68. The van der Waals surface area contributed by atoms with Gasteiger partial charge in [0.25, 0.3) is 0 Å². The molecule has 0 saturated heterocycles. The second kappa shape index (κ2) is 15.0. The first-order chi connectivity index (χ1) is 25.6. The first kappa shape index (κ1) is 34.7. The summed E-state index contributed by atoms with van der Waals surface area (Å²) in [7, 11) is 0. The Morgan fingerprint density at radius 1 is 0.500 bits per heavy atom. The van der Waals surface area contributed by atoms with Gasteiger partial charge in [-0.15, -0.1) is 69.3 Å². The number of benzene rings is 6. The highest BCUT2D eigenvalue weighted by Crippen LogP contribution is 2.47. The molecule has 0 amide bonds. The van der Waals surface area contributed by atoms with Crippen LogP contribution in [0.4, 0.5) is 0 Å². The van der Waals surface area contributed by atoms with Gasteiger partial charge in [0.1, 0.15) is 5.33 Å². The quantitative estimate of drug-likeness (QED) is 0.0693. The molecule has 2 nitrogen and oxygen atoms in total. The van der Waals surface area contributed by atoms with Gasteiger partial charge in [-0.25, -0.2) is 0 Å². The lowest BCUT2D eigenvalue weighted by Crippen LogP contribution is -2.36. The molecule has 3 aromatic heterocycles. The van der Waals surface area contributed by atoms with Crippen molar-refractivity contribution in [2.24, 2.45) is 5.41 Å². The summed E-state index contributed by atoms with van der Waals surface area (Å²) in [5, 5.41) is 8.01. The third-order valence-electron chi connectivity index (χ3n) is 9.35. The van der Waals surface area contributed by atoms with Crippen molar-refractivity contribution in [2.45, 2.75) is 14.7 Å². The largest absolute Gasteiger partial charge is 0.464 e. The Bertz CT molecular complexity index is 2460. The van der Waals surface area contributed by atoms with Crippen molar-refractivity contribution in [1.82, 2.24) is 0 Å². The lowest BCUT2D eigenvalue weighted by Gasteiger charge is -2.33. The van der Waals surface area contributed by atoms with Crippen molar-refractivity contribution in [3.63, 3.8) is 0 Å². The zero-order valence-corrected chi connectivity index (χ0v) is 34.3. The molecule has 6 aromatic carbocycles. The van der Waals surface area contributed by atoms with E-state index in [0.29, 0.717) is 6.61 Å². The van der Waals surface area contributed by atoms with Gasteiger partial charge >= 0.3 is 5.97 Å². The number of thioether (sulfide) groups is 3. The molecular weight excluding hydrogens is 821 g/mol. The molecule has 0 spiro atoms. The number of hydrogen-bond donors (Lipinski definition) is 0. The average molecular weight is 852 g/mol. The van der Waals surface area contributed by atoms with Crippen molar-refractivity contribution in [3.8, 4) is 0 Å². The van der Waals surface area contributed by atoms with E-state index in [1.54, 1.807) is 0 Å². The van der Waals surface area contributed by atoms with Crippen LogP contribution in [0.3, 0.4) is 0 Å². The summed E-state index contributed by atoms with van der Waals surface area (Å²) in [6, 6.07) is 46.1. The zero-order chi connectivity index (χ0) is 35.1. The van der Waals surface area contributed by atoms with Gasteiger partial charge in [-0.1, -0.05) is 107 Å². The Balaban J connectivity index is 1.10. The molecule has 0 aliphatic rings. The minimum Gasteiger partial charge on any atom is -0.464 e. The maximum absolute atomic E-state index is 12.8. The fourth-order valence-electron chi connectivity index (χ4n) is 6.72. The minimum atomic E-state index is -0.339. The number of carbonyl (C=O) groups is 1. The van der Waals surface area contributed by atoms with Gasteiger partial charge < -0.3 is 4.74 Å². The SMILES string of the molecule is O=C(CBr)OCC(CSc1cccc2c1sc1ccccc12)(CSc1cccc2c1sc1ccccc12)CSc1cccc2c1sc1ccccc12. The lowest BCUT2D eigenvalue weighted by atomic mass is 9.97. The molecule has 52 heavy (non-hydrogen) atoms. The van der Waals surface area contributed by atoms with Gasteiger partial charge in [-0.3, -0.25) is 4.79 Å². The van der Waals surface area contributed by atoms with E-state index in [1.165, 1.54) is 75.2 Å². The molecule has 9 aromatic rings. The Hall–Kier alpha value is -3.02. The van der Waals surface area contributed by atoms with Crippen LogP contribution in [-0.2, 0) is 9.53 Å². The monoisotopic (exact) mass is 850 g/mol. The molecule has 9 heteroatoms. The van der Waals surface area contributed by atoms with Crippen LogP contribution < -0.4 is 0 Å². The second-order valence-electron chi connectivity index (χ2n) is 12.9. The lowest BCUT2D eigenvalue weighted by molar-refractivity contribution is -0.142. The molecule has 0 atom stereocenters. The maximum Gasteiger partial charge on any atom is 0.316 e. The first-order valence-electron chi connectivity index (χ1n) is 16.9. The van der Waals surface area contributed by atoms with Crippen LogP contribution in [0.2, 0.25) is 0 Å². The highest BCUT2D eigenvalue weighted by Gasteiger charge is 2.34. The van der Waals surface area contributed by atoms with Crippen LogP contribution in [0.5, 0.6) is 0 Å². The molecule has 258 valence electrons. The molecular formula is C43H31BrO2S6. The molecule has 0 radical (unpaired) electrons. The number of fused-ring (bicyclic) bond motifs is 9. The smallest absolute Gasteiger partial charge is 0.316 e. The van der Waals surface area contributed by atoms with Crippen molar-refractivity contribution < 1.29 is 9.53 Å². The van der Waals surface area contributed by atoms with Crippen LogP contribution in [-0.4, -0.2) is 35.2 Å². The highest BCUT2D eigenvalue weighted by molar-refractivity contribution is 9.09. The third-order valence-corrected chi connectivity index (χ3v) is 18.1. The standard InChI is InChI=1S/C43H31BrO2S6/c44-22-39(45)46-23-43(24-47-36-19-7-13-30-27-10-1-4-16-33(27)50-40(30)36,25-48-37-20-8-14-31-28-11-2-5-17-34(28)51-41(31)37)26-49-38-21-9-15-32-29-12-3-6-18-35(29)52-42(32)38/h1-21H,22-26H2. The highest BCUT2D eigenvalue weighted by atomic mass is 79.9. The first-order valence-corrected chi connectivity index (χ1v) is 23.4. The average Bonchev–Trinajstić information content (AvgIpc) is 3.89. The second-order valence-corrected chi connectivity index (χ2v) is 19.6. The molecule has 0 fully saturated rings. The Morgan fingerprint density at radius 2 is 0.846 bits per heavy atom. The molecule has 0 N–H and O–H groups in total. The van der Waals surface area contributed by atoms with Gasteiger partial charge in [0, 0.05) is 97.9 Å². The number of esters is 1. The van der Waals surface area contributed by atoms with Gasteiger partial charge in [-0.05, 0) is 36.4 Å². The summed E-state index contributed by atoms with van der Waals surface area (Å²) in [6.07, 6.45) is 0. The Kier molecular flexibility index (Phi) is 10.0. The fraction of sp³-hybridized carbons (Fsp3) is 0.140. The topological polar surface area (TPSA) is 26.3 Å². The van der Waals surface area contributed by atoms with Crippen molar-refractivity contribution >= 4 is 152 Å². The molecule has 0 aliphatic carbocycles. The van der Waals surface area contributed by atoms with E-state index >= 15 is 0 Å². The number of rotatable bonds is 12. The number of alkyl halides is 1. The Morgan fingerprint density at radius 3 is 1.21 bits per heavy atom. The van der Waals surface area contributed by atoms with E-state index in [2.05, 4.69) is 143 Å². The van der Waals surface area contributed by atoms with E-state index in [9.17, 15) is 4.79 Å². The maximum atomic E-state index is 12.8. The normalized spacial score (nSPS) is 12.2. The van der Waals surface area contributed by atoms with E-state index in [-0.39, 0.29) is 16.7 Å². The predicted octanol–water partition coefficient (Wildman–Crippen LogP) is 14.4. The summed E-state index contributed by atoms with van der Waals surface area (Å²) in [6.45, 7) is 0.345. The summed E-state index contributed by atoms with van der Waals surface area (Å²) in [5.41, 5.74) is -0.339. The van der Waals surface area contributed by atoms with E-state index in [0.717, 1.165) is 17.3 Å². The van der Waals surface area contributed by atoms with Gasteiger partial charge in [-0.2, -0.15) is 0 Å². The number of ether oxygens (including phenoxy) is 1. The molecule has 3 heterocycles. The number of thiophene rings is 3. The Labute approximate surface area is 335 Å². The van der Waals surface area contributed by atoms with Crippen LogP contribution in [0.15, 0.2) is 142 Å². The fourth-order valence-corrected chi connectivity index (χ4v) is 15.0. The summed E-state index contributed by atoms with van der Waals surface area (Å²) in [4.78, 5) is 16.7. The van der Waals surface area contributed by atoms with Gasteiger partial charge in [0.15, 0.2) is 0 Å². The number of halogens is 1. The van der Waals surface area contributed by atoms with Gasteiger partial charge in [0.05, 0.1) is 6.61 Å². The van der Waals surface area contributed by atoms with Crippen molar-refractivity contribution in [1.29, 1.82) is 0 Å². The minimum absolute atomic E-state index is 0.180. The van der Waals surface area contributed by atoms with Crippen LogP contribution in [0, 0.1) is 5.41 Å². The number of hydrogen-bond acceptors (Lipinski definition) is 8.